The molecule has 0 radical (unpaired) electrons. The maximum absolute atomic E-state index is 13.1. The number of nitrogens with zero attached hydrogens (tertiary/aromatic N) is 2. The molecule has 138 valence electrons. The molecule has 1 aromatic rings. The fourth-order valence-corrected chi connectivity index (χ4v) is 2.84. The Morgan fingerprint density at radius 1 is 1.12 bits per heavy atom. The van der Waals surface area contributed by atoms with Crippen LogP contribution in [0, 0.1) is 11.7 Å². The van der Waals surface area contributed by atoms with Gasteiger partial charge in [0, 0.05) is 26.2 Å². The van der Waals surface area contributed by atoms with E-state index < -0.39 is 0 Å². The minimum absolute atomic E-state index is 0.162. The minimum atomic E-state index is -0.339. The van der Waals surface area contributed by atoms with E-state index in [-0.39, 0.29) is 29.9 Å². The lowest BCUT2D eigenvalue weighted by atomic mass is 9.96. The molecule has 0 saturated carbocycles. The zero-order valence-electron chi connectivity index (χ0n) is 15.0. The van der Waals surface area contributed by atoms with Gasteiger partial charge < -0.3 is 19.9 Å². The quantitative estimate of drug-likeness (QED) is 0.907. The SMILES string of the molecule is CCOC(=O)N1CCN(C(=O)NC(c2ccc(F)cc2)C(C)C)CC1. The summed E-state index contributed by atoms with van der Waals surface area (Å²) in [7, 11) is 0. The van der Waals surface area contributed by atoms with E-state index in [9.17, 15) is 14.0 Å². The fraction of sp³-hybridized carbons (Fsp3) is 0.556. The average Bonchev–Trinajstić information content (AvgIpc) is 2.60. The summed E-state index contributed by atoms with van der Waals surface area (Å²) in [4.78, 5) is 27.6. The number of halogens is 1. The van der Waals surface area contributed by atoms with Gasteiger partial charge in [-0.15, -0.1) is 0 Å². The summed E-state index contributed by atoms with van der Waals surface area (Å²) in [6, 6.07) is 5.81. The highest BCUT2D eigenvalue weighted by molar-refractivity contribution is 5.75. The van der Waals surface area contributed by atoms with E-state index in [0.717, 1.165) is 5.56 Å². The predicted molar refractivity (Wildman–Crippen MR) is 92.7 cm³/mol. The molecule has 1 aliphatic heterocycles. The number of nitrogens with one attached hydrogen (secondary N) is 1. The molecule has 0 spiro atoms. The van der Waals surface area contributed by atoms with Crippen LogP contribution in [0.2, 0.25) is 0 Å². The van der Waals surface area contributed by atoms with Gasteiger partial charge in [0.05, 0.1) is 12.6 Å². The molecule has 2 rings (SSSR count). The molecule has 0 aromatic heterocycles. The summed E-state index contributed by atoms with van der Waals surface area (Å²) in [5, 5.41) is 3.02. The number of ether oxygens (including phenoxy) is 1. The van der Waals surface area contributed by atoms with Crippen LogP contribution in [0.3, 0.4) is 0 Å². The fourth-order valence-electron chi connectivity index (χ4n) is 2.84. The number of carbonyl (C=O) groups excluding carboxylic acids is 2. The van der Waals surface area contributed by atoms with Crippen molar-refractivity contribution in [3.63, 3.8) is 0 Å². The molecule has 0 bridgehead atoms. The van der Waals surface area contributed by atoms with Crippen LogP contribution in [0.5, 0.6) is 0 Å². The highest BCUT2D eigenvalue weighted by Crippen LogP contribution is 2.22. The van der Waals surface area contributed by atoms with Crippen LogP contribution in [0.15, 0.2) is 24.3 Å². The monoisotopic (exact) mass is 351 g/mol. The molecule has 1 heterocycles. The summed E-state index contributed by atoms with van der Waals surface area (Å²) in [6.07, 6.45) is -0.339. The Hall–Kier alpha value is -2.31. The molecular weight excluding hydrogens is 325 g/mol. The standard InChI is InChI=1S/C18H26FN3O3/c1-4-25-18(24)22-11-9-21(10-12-22)17(23)20-16(13(2)3)14-5-7-15(19)8-6-14/h5-8,13,16H,4,9-12H2,1-3H3,(H,20,23). The van der Waals surface area contributed by atoms with Crippen LogP contribution in [0.25, 0.3) is 0 Å². The Balaban J connectivity index is 1.94. The Kier molecular flexibility index (Phi) is 6.61. The zero-order chi connectivity index (χ0) is 18.4. The van der Waals surface area contributed by atoms with Crippen LogP contribution in [-0.2, 0) is 4.74 Å². The Morgan fingerprint density at radius 2 is 1.68 bits per heavy atom. The van der Waals surface area contributed by atoms with E-state index in [1.807, 2.05) is 13.8 Å². The lowest BCUT2D eigenvalue weighted by molar-refractivity contribution is 0.0845. The van der Waals surface area contributed by atoms with Crippen LogP contribution < -0.4 is 5.32 Å². The van der Waals surface area contributed by atoms with Crippen molar-refractivity contribution in [2.45, 2.75) is 26.8 Å². The molecule has 1 unspecified atom stereocenters. The van der Waals surface area contributed by atoms with Gasteiger partial charge >= 0.3 is 12.1 Å². The molecule has 1 atom stereocenters. The number of carbonyl (C=O) groups is 2. The van der Waals surface area contributed by atoms with Crippen molar-refractivity contribution in [2.24, 2.45) is 5.92 Å². The van der Waals surface area contributed by atoms with Crippen LogP contribution >= 0.6 is 0 Å². The van der Waals surface area contributed by atoms with Gasteiger partial charge in [-0.25, -0.2) is 14.0 Å². The summed E-state index contributed by atoms with van der Waals surface area (Å²) >= 11 is 0. The van der Waals surface area contributed by atoms with Gasteiger partial charge in [0.1, 0.15) is 5.82 Å². The largest absolute Gasteiger partial charge is 0.450 e. The van der Waals surface area contributed by atoms with Crippen LogP contribution in [0.1, 0.15) is 32.4 Å². The van der Waals surface area contributed by atoms with Crippen LogP contribution in [0.4, 0.5) is 14.0 Å². The van der Waals surface area contributed by atoms with Crippen LogP contribution in [-0.4, -0.2) is 54.7 Å². The summed E-state index contributed by atoms with van der Waals surface area (Å²) in [5.74, 6) is -0.136. The second kappa shape index (κ2) is 8.69. The number of hydrogen-bond donors (Lipinski definition) is 1. The zero-order valence-corrected chi connectivity index (χ0v) is 15.0. The lowest BCUT2D eigenvalue weighted by Crippen LogP contribution is -2.54. The topological polar surface area (TPSA) is 61.9 Å². The van der Waals surface area contributed by atoms with Crippen molar-refractivity contribution < 1.29 is 18.7 Å². The van der Waals surface area contributed by atoms with Gasteiger partial charge in [0.15, 0.2) is 0 Å². The molecule has 1 aliphatic rings. The summed E-state index contributed by atoms with van der Waals surface area (Å²) in [6.45, 7) is 7.94. The number of benzene rings is 1. The first-order valence-corrected chi connectivity index (χ1v) is 8.65. The van der Waals surface area contributed by atoms with E-state index >= 15 is 0 Å². The van der Waals surface area contributed by atoms with Gasteiger partial charge in [-0.3, -0.25) is 0 Å². The normalized spacial score (nSPS) is 15.9. The Morgan fingerprint density at radius 3 is 2.20 bits per heavy atom. The van der Waals surface area contributed by atoms with Gasteiger partial charge in [-0.1, -0.05) is 26.0 Å². The van der Waals surface area contributed by atoms with E-state index in [1.54, 1.807) is 28.9 Å². The Labute approximate surface area is 147 Å². The van der Waals surface area contributed by atoms with Crippen molar-refractivity contribution in [3.05, 3.63) is 35.6 Å². The van der Waals surface area contributed by atoms with Gasteiger partial charge in [0.25, 0.3) is 0 Å². The molecule has 1 aromatic carbocycles. The van der Waals surface area contributed by atoms with Crippen molar-refractivity contribution in [3.8, 4) is 0 Å². The third-order valence-electron chi connectivity index (χ3n) is 4.27. The van der Waals surface area contributed by atoms with Gasteiger partial charge in [-0.05, 0) is 30.5 Å². The van der Waals surface area contributed by atoms with E-state index in [1.165, 1.54) is 12.1 Å². The smallest absolute Gasteiger partial charge is 0.409 e. The maximum atomic E-state index is 13.1. The molecule has 1 saturated heterocycles. The first kappa shape index (κ1) is 19.0. The lowest BCUT2D eigenvalue weighted by Gasteiger charge is -2.35. The van der Waals surface area contributed by atoms with Crippen molar-refractivity contribution >= 4 is 12.1 Å². The molecule has 1 N–H and O–H groups in total. The Bertz CT molecular complexity index is 584. The molecule has 3 amide bonds. The van der Waals surface area contributed by atoms with Gasteiger partial charge in [-0.2, -0.15) is 0 Å². The molecule has 0 aliphatic carbocycles. The highest BCUT2D eigenvalue weighted by Gasteiger charge is 2.27. The summed E-state index contributed by atoms with van der Waals surface area (Å²) < 4.78 is 18.1. The summed E-state index contributed by atoms with van der Waals surface area (Å²) in [5.41, 5.74) is 0.870. The second-order valence-electron chi connectivity index (χ2n) is 6.40. The van der Waals surface area contributed by atoms with Gasteiger partial charge in [0.2, 0.25) is 0 Å². The number of amides is 3. The molecule has 7 heteroatoms. The number of urea groups is 1. The highest BCUT2D eigenvalue weighted by atomic mass is 19.1. The first-order valence-electron chi connectivity index (χ1n) is 8.65. The predicted octanol–water partition coefficient (Wildman–Crippen LogP) is 3.01. The first-order chi connectivity index (χ1) is 11.9. The number of piperazine rings is 1. The third-order valence-corrected chi connectivity index (χ3v) is 4.27. The molecule has 1 fully saturated rings. The molecular formula is C18H26FN3O3. The molecule has 6 nitrogen and oxygen atoms in total. The van der Waals surface area contributed by atoms with E-state index in [4.69, 9.17) is 4.74 Å². The van der Waals surface area contributed by atoms with E-state index in [0.29, 0.717) is 32.8 Å². The minimum Gasteiger partial charge on any atom is -0.450 e. The maximum Gasteiger partial charge on any atom is 0.409 e. The van der Waals surface area contributed by atoms with Crippen molar-refractivity contribution in [1.82, 2.24) is 15.1 Å². The van der Waals surface area contributed by atoms with E-state index in [2.05, 4.69) is 5.32 Å². The van der Waals surface area contributed by atoms with Crippen molar-refractivity contribution in [1.29, 1.82) is 0 Å². The number of hydrogen-bond acceptors (Lipinski definition) is 3. The number of rotatable bonds is 4. The third kappa shape index (κ3) is 5.08. The molecule has 25 heavy (non-hydrogen) atoms. The average molecular weight is 351 g/mol. The second-order valence-corrected chi connectivity index (χ2v) is 6.40. The van der Waals surface area contributed by atoms with Crippen molar-refractivity contribution in [2.75, 3.05) is 32.8 Å².